The van der Waals surface area contributed by atoms with Gasteiger partial charge in [-0.15, -0.1) is 0 Å². The van der Waals surface area contributed by atoms with E-state index in [1.807, 2.05) is 30.3 Å². The van der Waals surface area contributed by atoms with Crippen LogP contribution < -0.4 is 4.90 Å². The van der Waals surface area contributed by atoms with Crippen molar-refractivity contribution in [1.82, 2.24) is 9.36 Å². The molecule has 1 saturated heterocycles. The molecule has 2 heterocycles. The summed E-state index contributed by atoms with van der Waals surface area (Å²) in [5, 5.41) is 0.960. The van der Waals surface area contributed by atoms with Gasteiger partial charge in [0, 0.05) is 49.6 Å². The molecule has 1 aliphatic heterocycles. The summed E-state index contributed by atoms with van der Waals surface area (Å²) >= 11 is 1.44. The molecule has 1 aliphatic rings. The van der Waals surface area contributed by atoms with Gasteiger partial charge >= 0.3 is 0 Å². The lowest BCUT2D eigenvalue weighted by atomic mass is 9.89. The van der Waals surface area contributed by atoms with Crippen LogP contribution in [0.3, 0.4) is 0 Å². The highest BCUT2D eigenvalue weighted by Gasteiger charge is 2.27. The Morgan fingerprint density at radius 3 is 2.74 bits per heavy atom. The number of benzene rings is 1. The minimum atomic E-state index is 0.120. The van der Waals surface area contributed by atoms with E-state index in [-0.39, 0.29) is 11.7 Å². The number of aromatic nitrogens is 2. The lowest BCUT2D eigenvalue weighted by Gasteiger charge is -2.30. The van der Waals surface area contributed by atoms with E-state index in [1.165, 1.54) is 11.5 Å². The van der Waals surface area contributed by atoms with Gasteiger partial charge in [0.15, 0.2) is 5.78 Å². The Labute approximate surface area is 140 Å². The van der Waals surface area contributed by atoms with Crippen LogP contribution in [0.5, 0.6) is 0 Å². The SMILES string of the molecule is COCCc1nsc(N2CCC(C(=O)c3ccccc3)CC2)n1. The van der Waals surface area contributed by atoms with Crippen molar-refractivity contribution in [2.45, 2.75) is 19.3 Å². The molecule has 0 atom stereocenters. The van der Waals surface area contributed by atoms with Crippen LogP contribution in [0.1, 0.15) is 29.0 Å². The Balaban J connectivity index is 1.56. The summed E-state index contributed by atoms with van der Waals surface area (Å²) in [4.78, 5) is 19.3. The minimum Gasteiger partial charge on any atom is -0.384 e. The molecule has 23 heavy (non-hydrogen) atoms. The maximum absolute atomic E-state index is 12.5. The normalized spacial score (nSPS) is 15.8. The van der Waals surface area contributed by atoms with Crippen LogP contribution in [-0.4, -0.2) is 41.9 Å². The molecule has 0 radical (unpaired) electrons. The van der Waals surface area contributed by atoms with Crippen molar-refractivity contribution < 1.29 is 9.53 Å². The Morgan fingerprint density at radius 1 is 1.30 bits per heavy atom. The average Bonchev–Trinajstić information content (AvgIpc) is 3.09. The van der Waals surface area contributed by atoms with Crippen molar-refractivity contribution in [3.63, 3.8) is 0 Å². The average molecular weight is 331 g/mol. The van der Waals surface area contributed by atoms with Gasteiger partial charge < -0.3 is 9.64 Å². The minimum absolute atomic E-state index is 0.120. The number of nitrogens with zero attached hydrogens (tertiary/aromatic N) is 3. The summed E-state index contributed by atoms with van der Waals surface area (Å²) in [7, 11) is 1.68. The lowest BCUT2D eigenvalue weighted by molar-refractivity contribution is 0.0900. The van der Waals surface area contributed by atoms with Crippen LogP contribution >= 0.6 is 11.5 Å². The summed E-state index contributed by atoms with van der Waals surface area (Å²) in [6.07, 6.45) is 2.50. The first kappa shape index (κ1) is 16.1. The monoisotopic (exact) mass is 331 g/mol. The molecule has 1 fully saturated rings. The molecular formula is C17H21N3O2S. The molecule has 0 spiro atoms. The van der Waals surface area contributed by atoms with E-state index < -0.39 is 0 Å². The number of anilines is 1. The molecule has 0 N–H and O–H groups in total. The number of methoxy groups -OCH3 is 1. The molecule has 122 valence electrons. The van der Waals surface area contributed by atoms with Crippen molar-refractivity contribution in [1.29, 1.82) is 0 Å². The predicted molar refractivity (Wildman–Crippen MR) is 91.2 cm³/mol. The summed E-state index contributed by atoms with van der Waals surface area (Å²) in [6, 6.07) is 9.59. The second kappa shape index (κ2) is 7.66. The third-order valence-electron chi connectivity index (χ3n) is 4.18. The second-order valence-corrected chi connectivity index (χ2v) is 6.46. The molecule has 0 aliphatic carbocycles. The molecule has 5 nitrogen and oxygen atoms in total. The molecule has 1 aromatic carbocycles. The first-order valence-electron chi connectivity index (χ1n) is 7.93. The van der Waals surface area contributed by atoms with Crippen molar-refractivity contribution in [2.75, 3.05) is 31.7 Å². The number of hydrogen-bond acceptors (Lipinski definition) is 6. The molecule has 0 bridgehead atoms. The van der Waals surface area contributed by atoms with E-state index in [0.29, 0.717) is 6.61 Å². The zero-order chi connectivity index (χ0) is 16.1. The Kier molecular flexibility index (Phi) is 5.35. The largest absolute Gasteiger partial charge is 0.384 e. The molecule has 2 aromatic rings. The number of Topliss-reactive ketones (excluding diaryl/α,β-unsaturated/α-hetero) is 1. The van der Waals surface area contributed by atoms with Crippen LogP contribution in [0.2, 0.25) is 0 Å². The number of rotatable bonds is 6. The van der Waals surface area contributed by atoms with Crippen molar-refractivity contribution in [3.8, 4) is 0 Å². The number of hydrogen-bond donors (Lipinski definition) is 0. The summed E-state index contributed by atoms with van der Waals surface area (Å²) in [5.74, 6) is 1.23. The number of piperidine rings is 1. The summed E-state index contributed by atoms with van der Waals surface area (Å²) in [5.41, 5.74) is 0.823. The molecular weight excluding hydrogens is 310 g/mol. The highest BCUT2D eigenvalue weighted by molar-refractivity contribution is 7.09. The van der Waals surface area contributed by atoms with Crippen molar-refractivity contribution >= 4 is 22.4 Å². The van der Waals surface area contributed by atoms with Crippen molar-refractivity contribution in [2.24, 2.45) is 5.92 Å². The number of carbonyl (C=O) groups excluding carboxylic acids is 1. The van der Waals surface area contributed by atoms with E-state index in [0.717, 1.165) is 48.9 Å². The highest BCUT2D eigenvalue weighted by Crippen LogP contribution is 2.26. The zero-order valence-electron chi connectivity index (χ0n) is 13.3. The van der Waals surface area contributed by atoms with Crippen LogP contribution in [0, 0.1) is 5.92 Å². The van der Waals surface area contributed by atoms with Gasteiger partial charge in [0.25, 0.3) is 0 Å². The van der Waals surface area contributed by atoms with E-state index in [2.05, 4.69) is 14.3 Å². The van der Waals surface area contributed by atoms with Crippen molar-refractivity contribution in [3.05, 3.63) is 41.7 Å². The van der Waals surface area contributed by atoms with Gasteiger partial charge in [-0.1, -0.05) is 30.3 Å². The first-order chi connectivity index (χ1) is 11.3. The van der Waals surface area contributed by atoms with E-state index in [4.69, 9.17) is 4.74 Å². The lowest BCUT2D eigenvalue weighted by Crippen LogP contribution is -2.36. The molecule has 1 aromatic heterocycles. The van der Waals surface area contributed by atoms with E-state index in [9.17, 15) is 4.79 Å². The van der Waals surface area contributed by atoms with Crippen LogP contribution in [-0.2, 0) is 11.2 Å². The molecule has 0 saturated carbocycles. The predicted octanol–water partition coefficient (Wildman–Crippen LogP) is 2.83. The Morgan fingerprint density at radius 2 is 2.04 bits per heavy atom. The smallest absolute Gasteiger partial charge is 0.205 e. The number of ketones is 1. The third kappa shape index (κ3) is 3.95. The van der Waals surface area contributed by atoms with E-state index in [1.54, 1.807) is 7.11 Å². The summed E-state index contributed by atoms with van der Waals surface area (Å²) in [6.45, 7) is 2.37. The Hall–Kier alpha value is -1.79. The standard InChI is InChI=1S/C17H21N3O2S/c1-22-12-9-15-18-17(23-19-15)20-10-7-14(8-11-20)16(21)13-5-3-2-4-6-13/h2-6,14H,7-12H2,1H3. The van der Waals surface area contributed by atoms with Gasteiger partial charge in [-0.3, -0.25) is 4.79 Å². The van der Waals surface area contributed by atoms with Gasteiger partial charge in [-0.05, 0) is 12.8 Å². The topological polar surface area (TPSA) is 55.3 Å². The van der Waals surface area contributed by atoms with Gasteiger partial charge in [0.05, 0.1) is 6.61 Å². The van der Waals surface area contributed by atoms with Gasteiger partial charge in [-0.25, -0.2) is 4.98 Å². The zero-order valence-corrected chi connectivity index (χ0v) is 14.1. The molecule has 0 amide bonds. The second-order valence-electron chi connectivity index (χ2n) is 5.73. The van der Waals surface area contributed by atoms with Gasteiger partial charge in [0.1, 0.15) is 5.82 Å². The van der Waals surface area contributed by atoms with Crippen LogP contribution in [0.15, 0.2) is 30.3 Å². The quantitative estimate of drug-likeness (QED) is 0.762. The number of carbonyl (C=O) groups is 1. The summed E-state index contributed by atoms with van der Waals surface area (Å²) < 4.78 is 9.43. The fourth-order valence-corrected chi connectivity index (χ4v) is 3.60. The Bertz CT molecular complexity index is 636. The molecule has 3 rings (SSSR count). The van der Waals surface area contributed by atoms with E-state index >= 15 is 0 Å². The molecule has 0 unspecified atom stereocenters. The van der Waals surface area contributed by atoms with Crippen LogP contribution in [0.25, 0.3) is 0 Å². The maximum Gasteiger partial charge on any atom is 0.205 e. The molecule has 6 heteroatoms. The van der Waals surface area contributed by atoms with Gasteiger partial charge in [0.2, 0.25) is 5.13 Å². The highest BCUT2D eigenvalue weighted by atomic mass is 32.1. The van der Waals surface area contributed by atoms with Crippen LogP contribution in [0.4, 0.5) is 5.13 Å². The first-order valence-corrected chi connectivity index (χ1v) is 8.71. The maximum atomic E-state index is 12.5. The fraction of sp³-hybridized carbons (Fsp3) is 0.471. The van der Waals surface area contributed by atoms with Gasteiger partial charge in [-0.2, -0.15) is 4.37 Å². The fourth-order valence-electron chi connectivity index (χ4n) is 2.84. The third-order valence-corrected chi connectivity index (χ3v) is 5.00. The number of ether oxygens (including phenoxy) is 1.